The van der Waals surface area contributed by atoms with Crippen molar-refractivity contribution in [3.8, 4) is 23.3 Å². The quantitative estimate of drug-likeness (QED) is 0.221. The van der Waals surface area contributed by atoms with Crippen LogP contribution >= 0.6 is 11.8 Å². The number of para-hydroxylation sites is 2. The third kappa shape index (κ3) is 3.22. The molecule has 0 aromatic heterocycles. The minimum atomic E-state index is 0.497. The highest BCUT2D eigenvalue weighted by molar-refractivity contribution is 7.99. The van der Waals surface area contributed by atoms with Crippen LogP contribution in [0.15, 0.2) is 125 Å². The summed E-state index contributed by atoms with van der Waals surface area (Å²) in [5, 5.41) is 24.2. The van der Waals surface area contributed by atoms with E-state index in [9.17, 15) is 10.5 Å². The average molecular weight is 502 g/mol. The van der Waals surface area contributed by atoms with Crippen LogP contribution in [0.5, 0.6) is 0 Å². The molecule has 1 aliphatic heterocycles. The van der Waals surface area contributed by atoms with E-state index < -0.39 is 0 Å². The molecule has 0 radical (unpaired) electrons. The molecule has 0 N–H and O–H groups in total. The van der Waals surface area contributed by atoms with Crippen molar-refractivity contribution in [2.45, 2.75) is 9.79 Å². The first-order valence-corrected chi connectivity index (χ1v) is 13.1. The van der Waals surface area contributed by atoms with Gasteiger partial charge in [-0.3, -0.25) is 0 Å². The largest absolute Gasteiger partial charge is 0.307 e. The molecule has 0 fully saturated rings. The van der Waals surface area contributed by atoms with Gasteiger partial charge < -0.3 is 4.90 Å². The van der Waals surface area contributed by atoms with Crippen molar-refractivity contribution in [3.63, 3.8) is 0 Å². The molecule has 0 atom stereocenters. The molecular formula is C34H19N3S. The van der Waals surface area contributed by atoms with Crippen molar-refractivity contribution in [3.05, 3.63) is 126 Å². The van der Waals surface area contributed by atoms with E-state index in [4.69, 9.17) is 0 Å². The summed E-state index contributed by atoms with van der Waals surface area (Å²) in [6.45, 7) is 0. The maximum atomic E-state index is 10.1. The lowest BCUT2D eigenvalue weighted by molar-refractivity contribution is 1.18. The number of anilines is 3. The Hall–Kier alpha value is -5.03. The van der Waals surface area contributed by atoms with Gasteiger partial charge in [0, 0.05) is 31.7 Å². The van der Waals surface area contributed by atoms with Gasteiger partial charge in [0.1, 0.15) is 0 Å². The van der Waals surface area contributed by atoms with Crippen molar-refractivity contribution in [2.75, 3.05) is 4.90 Å². The number of nitriles is 2. The molecule has 7 rings (SSSR count). The van der Waals surface area contributed by atoms with E-state index in [1.54, 1.807) is 30.0 Å². The van der Waals surface area contributed by atoms with E-state index >= 15 is 0 Å². The fraction of sp³-hybridized carbons (Fsp3) is 0. The van der Waals surface area contributed by atoms with Crippen LogP contribution in [0.3, 0.4) is 0 Å². The third-order valence-electron chi connectivity index (χ3n) is 7.11. The fourth-order valence-corrected chi connectivity index (χ4v) is 6.63. The van der Waals surface area contributed by atoms with Gasteiger partial charge in [0.15, 0.2) is 0 Å². The van der Waals surface area contributed by atoms with Crippen LogP contribution in [-0.4, -0.2) is 0 Å². The number of rotatable bonds is 2. The van der Waals surface area contributed by atoms with Crippen LogP contribution in [0.25, 0.3) is 32.7 Å². The first-order chi connectivity index (χ1) is 18.8. The Morgan fingerprint density at radius 2 is 0.921 bits per heavy atom. The number of fused-ring (bicyclic) bond motifs is 4. The highest BCUT2D eigenvalue weighted by Gasteiger charge is 2.29. The standard InChI is InChI=1S/C34H19N3S/c35-20-22-10-9-11-23(21-36)32(22)33-24-12-1-3-14-26(24)34(27-15-4-2-13-25(27)33)37-28-16-5-7-18-30(28)38-31-19-8-6-17-29(31)37/h1-19H. The zero-order valence-corrected chi connectivity index (χ0v) is 21.0. The molecule has 6 aromatic rings. The Balaban J connectivity index is 1.68. The summed E-state index contributed by atoms with van der Waals surface area (Å²) in [7, 11) is 0. The highest BCUT2D eigenvalue weighted by Crippen LogP contribution is 2.55. The number of nitrogens with zero attached hydrogens (tertiary/aromatic N) is 3. The van der Waals surface area contributed by atoms with Gasteiger partial charge in [-0.25, -0.2) is 0 Å². The van der Waals surface area contributed by atoms with Crippen LogP contribution in [0.1, 0.15) is 11.1 Å². The lowest BCUT2D eigenvalue weighted by Gasteiger charge is -2.35. The van der Waals surface area contributed by atoms with Gasteiger partial charge in [-0.05, 0) is 47.2 Å². The van der Waals surface area contributed by atoms with Crippen molar-refractivity contribution >= 4 is 50.4 Å². The Morgan fingerprint density at radius 1 is 0.474 bits per heavy atom. The summed E-state index contributed by atoms with van der Waals surface area (Å²) in [6.07, 6.45) is 0. The molecule has 0 amide bonds. The number of benzene rings is 6. The van der Waals surface area contributed by atoms with E-state index in [2.05, 4.69) is 102 Å². The first-order valence-electron chi connectivity index (χ1n) is 12.3. The van der Waals surface area contributed by atoms with E-state index in [0.717, 1.165) is 44.2 Å². The molecule has 0 spiro atoms. The van der Waals surface area contributed by atoms with Gasteiger partial charge in [0.2, 0.25) is 0 Å². The van der Waals surface area contributed by atoms with Crippen LogP contribution in [0, 0.1) is 22.7 Å². The van der Waals surface area contributed by atoms with Crippen molar-refractivity contribution in [1.29, 1.82) is 10.5 Å². The summed E-state index contributed by atoms with van der Waals surface area (Å²) in [5.74, 6) is 0. The lowest BCUT2D eigenvalue weighted by Crippen LogP contribution is -2.15. The smallest absolute Gasteiger partial charge is 0.0998 e. The maximum absolute atomic E-state index is 10.1. The molecule has 0 saturated carbocycles. The predicted octanol–water partition coefficient (Wildman–Crippen LogP) is 9.34. The van der Waals surface area contributed by atoms with Crippen LogP contribution in [-0.2, 0) is 0 Å². The molecular weight excluding hydrogens is 482 g/mol. The van der Waals surface area contributed by atoms with Gasteiger partial charge in [0.05, 0.1) is 40.3 Å². The third-order valence-corrected chi connectivity index (χ3v) is 8.24. The Bertz CT molecular complexity index is 1860. The monoisotopic (exact) mass is 501 g/mol. The van der Waals surface area contributed by atoms with Crippen LogP contribution < -0.4 is 4.90 Å². The molecule has 3 nitrogen and oxygen atoms in total. The zero-order valence-electron chi connectivity index (χ0n) is 20.2. The summed E-state index contributed by atoms with van der Waals surface area (Å²) >= 11 is 1.79. The van der Waals surface area contributed by atoms with Gasteiger partial charge in [0.25, 0.3) is 0 Å². The van der Waals surface area contributed by atoms with Crippen LogP contribution in [0.2, 0.25) is 0 Å². The molecule has 38 heavy (non-hydrogen) atoms. The molecule has 4 heteroatoms. The summed E-state index contributed by atoms with van der Waals surface area (Å²) in [6, 6.07) is 43.7. The average Bonchev–Trinajstić information content (AvgIpc) is 2.98. The minimum Gasteiger partial charge on any atom is -0.307 e. The Labute approximate surface area is 224 Å². The molecule has 6 aromatic carbocycles. The molecule has 176 valence electrons. The lowest BCUT2D eigenvalue weighted by atomic mass is 9.86. The molecule has 0 bridgehead atoms. The van der Waals surface area contributed by atoms with E-state index in [1.165, 1.54) is 9.79 Å². The second-order valence-corrected chi connectivity index (χ2v) is 10.2. The molecule has 0 unspecified atom stereocenters. The summed E-state index contributed by atoms with van der Waals surface area (Å²) in [4.78, 5) is 4.77. The highest BCUT2D eigenvalue weighted by atomic mass is 32.2. The summed E-state index contributed by atoms with van der Waals surface area (Å²) in [5.41, 5.74) is 5.96. The Kier molecular flexibility index (Phi) is 5.15. The van der Waals surface area contributed by atoms with E-state index in [-0.39, 0.29) is 0 Å². The molecule has 0 saturated heterocycles. The van der Waals surface area contributed by atoms with Crippen molar-refractivity contribution in [2.24, 2.45) is 0 Å². The van der Waals surface area contributed by atoms with Crippen molar-refractivity contribution in [1.82, 2.24) is 0 Å². The van der Waals surface area contributed by atoms with Crippen molar-refractivity contribution < 1.29 is 0 Å². The topological polar surface area (TPSA) is 50.8 Å². The maximum Gasteiger partial charge on any atom is 0.0998 e. The molecule has 0 aliphatic carbocycles. The minimum absolute atomic E-state index is 0.497. The Morgan fingerprint density at radius 3 is 1.42 bits per heavy atom. The van der Waals surface area contributed by atoms with Gasteiger partial charge in [-0.2, -0.15) is 10.5 Å². The van der Waals surface area contributed by atoms with Crippen LogP contribution in [0.4, 0.5) is 17.1 Å². The second kappa shape index (κ2) is 8.82. The van der Waals surface area contributed by atoms with Gasteiger partial charge >= 0.3 is 0 Å². The zero-order chi connectivity index (χ0) is 25.6. The number of hydrogen-bond donors (Lipinski definition) is 0. The van der Waals surface area contributed by atoms with Gasteiger partial charge in [-0.15, -0.1) is 0 Å². The SMILES string of the molecule is N#Cc1cccc(C#N)c1-c1c2ccccc2c(N2c3ccccc3Sc3ccccc32)c2ccccc12. The predicted molar refractivity (Wildman–Crippen MR) is 155 cm³/mol. The van der Waals surface area contributed by atoms with E-state index in [1.807, 2.05) is 12.1 Å². The fourth-order valence-electron chi connectivity index (χ4n) is 5.57. The van der Waals surface area contributed by atoms with E-state index in [0.29, 0.717) is 16.7 Å². The molecule has 1 heterocycles. The number of hydrogen-bond acceptors (Lipinski definition) is 4. The first kappa shape index (κ1) is 22.2. The molecule has 1 aliphatic rings. The van der Waals surface area contributed by atoms with Gasteiger partial charge in [-0.1, -0.05) is 90.6 Å². The normalized spacial score (nSPS) is 12.0. The second-order valence-electron chi connectivity index (χ2n) is 9.14. The summed E-state index contributed by atoms with van der Waals surface area (Å²) < 4.78 is 0.